The second kappa shape index (κ2) is 9.37. The number of carbonyl (C=O) groups is 2. The number of hydrogen-bond donors (Lipinski definition) is 1. The molecule has 0 spiro atoms. The molecule has 29 heavy (non-hydrogen) atoms. The first kappa shape index (κ1) is 21.3. The van der Waals surface area contributed by atoms with Gasteiger partial charge in [0.1, 0.15) is 0 Å². The van der Waals surface area contributed by atoms with Crippen molar-refractivity contribution in [2.45, 2.75) is 32.2 Å². The molecule has 0 radical (unpaired) electrons. The van der Waals surface area contributed by atoms with E-state index < -0.39 is 0 Å². The van der Waals surface area contributed by atoms with Crippen LogP contribution in [0.25, 0.3) is 0 Å². The third-order valence-corrected chi connectivity index (χ3v) is 5.62. The number of hydrogen-bond acceptors (Lipinski definition) is 4. The minimum Gasteiger partial charge on any atom is -0.339 e. The van der Waals surface area contributed by atoms with Gasteiger partial charge in [0, 0.05) is 42.8 Å². The maximum Gasteiger partial charge on any atom is 0.257 e. The minimum atomic E-state index is -0.309. The van der Waals surface area contributed by atoms with Crippen molar-refractivity contribution in [2.75, 3.05) is 32.5 Å². The Morgan fingerprint density at radius 3 is 2.66 bits per heavy atom. The van der Waals surface area contributed by atoms with Crippen molar-refractivity contribution in [3.05, 3.63) is 58.4 Å². The number of aromatic nitrogens is 1. The molecule has 2 amide bonds. The maximum absolute atomic E-state index is 13.1. The van der Waals surface area contributed by atoms with Crippen molar-refractivity contribution in [3.63, 3.8) is 0 Å². The molecule has 0 aliphatic carbocycles. The van der Waals surface area contributed by atoms with Crippen LogP contribution in [0, 0.1) is 6.92 Å². The lowest BCUT2D eigenvalue weighted by atomic mass is 10.1. The van der Waals surface area contributed by atoms with Crippen LogP contribution in [0.3, 0.4) is 0 Å². The van der Waals surface area contributed by atoms with Crippen LogP contribution >= 0.6 is 11.6 Å². The zero-order chi connectivity index (χ0) is 21.0. The van der Waals surface area contributed by atoms with Crippen molar-refractivity contribution in [2.24, 2.45) is 0 Å². The standard InChI is InChI=1S/C22H27ClN4O2/c1-15-6-7-16(22(29)27-9-4-5-19(8-10-27)26(2)3)12-20(15)25-21(28)17-11-18(23)14-24-13-17/h6-7,11-14,19H,4-5,8-10H2,1-3H3,(H,25,28). The molecule has 1 aromatic carbocycles. The van der Waals surface area contributed by atoms with Gasteiger partial charge in [-0.2, -0.15) is 0 Å². The second-order valence-electron chi connectivity index (χ2n) is 7.72. The first-order valence-electron chi connectivity index (χ1n) is 9.83. The third-order valence-electron chi connectivity index (χ3n) is 5.41. The van der Waals surface area contributed by atoms with Gasteiger partial charge in [0.25, 0.3) is 11.8 Å². The Balaban J connectivity index is 1.74. The van der Waals surface area contributed by atoms with E-state index >= 15 is 0 Å². The molecule has 3 rings (SSSR count). The molecule has 6 nitrogen and oxygen atoms in total. The van der Waals surface area contributed by atoms with E-state index in [-0.39, 0.29) is 11.8 Å². The van der Waals surface area contributed by atoms with E-state index in [1.54, 1.807) is 12.1 Å². The third kappa shape index (κ3) is 5.34. The van der Waals surface area contributed by atoms with Crippen molar-refractivity contribution in [1.29, 1.82) is 0 Å². The van der Waals surface area contributed by atoms with Crippen molar-refractivity contribution < 1.29 is 9.59 Å². The normalized spacial score (nSPS) is 17.1. The minimum absolute atomic E-state index is 0.00401. The van der Waals surface area contributed by atoms with E-state index in [4.69, 9.17) is 11.6 Å². The summed E-state index contributed by atoms with van der Waals surface area (Å²) in [6.45, 7) is 3.39. The van der Waals surface area contributed by atoms with Crippen LogP contribution in [-0.4, -0.2) is 59.8 Å². The first-order chi connectivity index (χ1) is 13.8. The van der Waals surface area contributed by atoms with Gasteiger partial charge >= 0.3 is 0 Å². The summed E-state index contributed by atoms with van der Waals surface area (Å²) in [4.78, 5) is 33.7. The summed E-state index contributed by atoms with van der Waals surface area (Å²) in [5.74, 6) is -0.305. The molecular formula is C22H27ClN4O2. The lowest BCUT2D eigenvalue weighted by Gasteiger charge is -2.23. The molecule has 1 aliphatic rings. The van der Waals surface area contributed by atoms with Gasteiger partial charge < -0.3 is 15.1 Å². The smallest absolute Gasteiger partial charge is 0.257 e. The number of halogens is 1. The number of amides is 2. The highest BCUT2D eigenvalue weighted by Crippen LogP contribution is 2.22. The number of pyridine rings is 1. The molecule has 1 aliphatic heterocycles. The lowest BCUT2D eigenvalue weighted by molar-refractivity contribution is 0.0758. The zero-order valence-corrected chi connectivity index (χ0v) is 17.9. The van der Waals surface area contributed by atoms with Crippen molar-refractivity contribution in [1.82, 2.24) is 14.8 Å². The Morgan fingerprint density at radius 1 is 1.14 bits per heavy atom. The van der Waals surface area contributed by atoms with Crippen LogP contribution in [0.2, 0.25) is 5.02 Å². The Labute approximate surface area is 176 Å². The second-order valence-corrected chi connectivity index (χ2v) is 8.15. The molecule has 0 saturated carbocycles. The number of rotatable bonds is 4. The predicted octanol–water partition coefficient (Wildman–Crippen LogP) is 3.85. The van der Waals surface area contributed by atoms with Gasteiger partial charge in [-0.15, -0.1) is 0 Å². The molecule has 0 bridgehead atoms. The van der Waals surface area contributed by atoms with E-state index in [9.17, 15) is 9.59 Å². The Kier molecular flexibility index (Phi) is 6.87. The number of anilines is 1. The molecule has 1 fully saturated rings. The Bertz CT molecular complexity index is 900. The molecule has 2 aromatic rings. The fourth-order valence-electron chi connectivity index (χ4n) is 3.60. The Hall–Kier alpha value is -2.44. The summed E-state index contributed by atoms with van der Waals surface area (Å²) in [5.41, 5.74) is 2.45. The average molecular weight is 415 g/mol. The Morgan fingerprint density at radius 2 is 1.93 bits per heavy atom. The van der Waals surface area contributed by atoms with Gasteiger partial charge in [0.15, 0.2) is 0 Å². The first-order valence-corrected chi connectivity index (χ1v) is 10.2. The predicted molar refractivity (Wildman–Crippen MR) is 116 cm³/mol. The van der Waals surface area contributed by atoms with E-state index in [1.165, 1.54) is 12.4 Å². The van der Waals surface area contributed by atoms with Gasteiger partial charge in [-0.3, -0.25) is 14.6 Å². The summed E-state index contributed by atoms with van der Waals surface area (Å²) in [7, 11) is 4.18. The fourth-order valence-corrected chi connectivity index (χ4v) is 3.77. The number of carbonyl (C=O) groups excluding carboxylic acids is 2. The molecule has 1 unspecified atom stereocenters. The molecule has 154 valence electrons. The van der Waals surface area contributed by atoms with E-state index in [0.29, 0.717) is 27.9 Å². The highest BCUT2D eigenvalue weighted by molar-refractivity contribution is 6.30. The largest absolute Gasteiger partial charge is 0.339 e. The number of benzene rings is 1. The van der Waals surface area contributed by atoms with Gasteiger partial charge in [-0.05, 0) is 64.0 Å². The van der Waals surface area contributed by atoms with Crippen LogP contribution in [0.5, 0.6) is 0 Å². The zero-order valence-electron chi connectivity index (χ0n) is 17.1. The quantitative estimate of drug-likeness (QED) is 0.825. The molecular weight excluding hydrogens is 388 g/mol. The average Bonchev–Trinajstić information content (AvgIpc) is 2.95. The lowest BCUT2D eigenvalue weighted by Crippen LogP contribution is -2.33. The van der Waals surface area contributed by atoms with Crippen LogP contribution in [-0.2, 0) is 0 Å². The molecule has 7 heteroatoms. The SMILES string of the molecule is Cc1ccc(C(=O)N2CCCC(N(C)C)CC2)cc1NC(=O)c1cncc(Cl)c1. The summed E-state index contributed by atoms with van der Waals surface area (Å²) in [6, 6.07) is 7.50. The van der Waals surface area contributed by atoms with Gasteiger partial charge in [-0.1, -0.05) is 17.7 Å². The highest BCUT2D eigenvalue weighted by Gasteiger charge is 2.23. The monoisotopic (exact) mass is 414 g/mol. The molecule has 1 N–H and O–H groups in total. The fraction of sp³-hybridized carbons (Fsp3) is 0.409. The summed E-state index contributed by atoms with van der Waals surface area (Å²) >= 11 is 5.92. The maximum atomic E-state index is 13.1. The number of aryl methyl sites for hydroxylation is 1. The van der Waals surface area contributed by atoms with E-state index in [2.05, 4.69) is 29.3 Å². The van der Waals surface area contributed by atoms with Gasteiger partial charge in [0.05, 0.1) is 10.6 Å². The van der Waals surface area contributed by atoms with Gasteiger partial charge in [-0.25, -0.2) is 0 Å². The number of nitrogens with zero attached hydrogens (tertiary/aromatic N) is 3. The van der Waals surface area contributed by atoms with Crippen LogP contribution in [0.1, 0.15) is 45.5 Å². The van der Waals surface area contributed by atoms with Crippen LogP contribution in [0.15, 0.2) is 36.7 Å². The summed E-state index contributed by atoms with van der Waals surface area (Å²) < 4.78 is 0. The topological polar surface area (TPSA) is 65.5 Å². The van der Waals surface area contributed by atoms with Crippen molar-refractivity contribution in [3.8, 4) is 0 Å². The molecule has 1 atom stereocenters. The van der Waals surface area contributed by atoms with Crippen molar-refractivity contribution >= 4 is 29.1 Å². The number of likely N-dealkylation sites (tertiary alicyclic amines) is 1. The van der Waals surface area contributed by atoms with E-state index in [1.807, 2.05) is 24.0 Å². The molecule has 1 saturated heterocycles. The molecule has 1 aromatic heterocycles. The summed E-state index contributed by atoms with van der Waals surface area (Å²) in [6.07, 6.45) is 6.00. The van der Waals surface area contributed by atoms with E-state index in [0.717, 1.165) is 37.9 Å². The number of nitrogens with one attached hydrogen (secondary N) is 1. The highest BCUT2D eigenvalue weighted by atomic mass is 35.5. The van der Waals surface area contributed by atoms with Crippen LogP contribution in [0.4, 0.5) is 5.69 Å². The van der Waals surface area contributed by atoms with Gasteiger partial charge in [0.2, 0.25) is 0 Å². The van der Waals surface area contributed by atoms with Crippen LogP contribution < -0.4 is 5.32 Å². The summed E-state index contributed by atoms with van der Waals surface area (Å²) in [5, 5.41) is 3.27. The molecule has 2 heterocycles.